The lowest BCUT2D eigenvalue weighted by Gasteiger charge is -2.12. The number of hydrogen-bond donors (Lipinski definition) is 1. The van der Waals surface area contributed by atoms with Crippen molar-refractivity contribution < 1.29 is 14.4 Å². The zero-order chi connectivity index (χ0) is 13.5. The largest absolute Gasteiger partial charge is 0.458 e. The van der Waals surface area contributed by atoms with Crippen molar-refractivity contribution in [3.63, 3.8) is 0 Å². The number of ether oxygens (including phenoxy) is 2. The van der Waals surface area contributed by atoms with Gasteiger partial charge in [-0.15, -0.1) is 0 Å². The second-order valence-corrected chi connectivity index (χ2v) is 3.56. The van der Waals surface area contributed by atoms with Crippen LogP contribution in [0, 0.1) is 10.1 Å². The molecule has 0 fully saturated rings. The van der Waals surface area contributed by atoms with Gasteiger partial charge in [-0.3, -0.25) is 10.1 Å². The number of rotatable bonds is 7. The molecule has 0 aromatic carbocycles. The third-order valence-electron chi connectivity index (χ3n) is 2.00. The van der Waals surface area contributed by atoms with Crippen LogP contribution >= 0.6 is 0 Å². The number of anilines is 1. The molecule has 0 unspecified atom stereocenters. The van der Waals surface area contributed by atoms with Crippen LogP contribution in [0.2, 0.25) is 0 Å². The molecule has 1 heterocycles. The van der Waals surface area contributed by atoms with E-state index in [0.29, 0.717) is 13.2 Å². The molecule has 1 rings (SSSR count). The standard InChI is InChI=1S/C10H16N4O4/c1-4-11-9-8(14(15)16)5-12-10(13-9)18-7(2)6-17-3/h5,7H,4,6H2,1-3H3,(H,11,12,13)/t7-/m0/s1. The number of nitro groups is 1. The highest BCUT2D eigenvalue weighted by atomic mass is 16.6. The van der Waals surface area contributed by atoms with Crippen LogP contribution in [-0.4, -0.2) is 41.3 Å². The molecule has 1 aromatic heterocycles. The van der Waals surface area contributed by atoms with Crippen molar-refractivity contribution in [3.8, 4) is 6.01 Å². The Labute approximate surface area is 104 Å². The van der Waals surface area contributed by atoms with Crippen LogP contribution in [0.25, 0.3) is 0 Å². The Hall–Kier alpha value is -1.96. The average Bonchev–Trinajstić information content (AvgIpc) is 2.29. The van der Waals surface area contributed by atoms with Crippen molar-refractivity contribution in [2.75, 3.05) is 25.6 Å². The van der Waals surface area contributed by atoms with Gasteiger partial charge in [0.25, 0.3) is 0 Å². The molecule has 0 saturated carbocycles. The van der Waals surface area contributed by atoms with E-state index in [1.165, 1.54) is 0 Å². The molecule has 1 aromatic rings. The first-order valence-corrected chi connectivity index (χ1v) is 5.49. The summed E-state index contributed by atoms with van der Waals surface area (Å²) in [4.78, 5) is 18.0. The second-order valence-electron chi connectivity index (χ2n) is 3.56. The number of methoxy groups -OCH3 is 1. The van der Waals surface area contributed by atoms with E-state index in [0.717, 1.165) is 6.20 Å². The van der Waals surface area contributed by atoms with Crippen LogP contribution in [0.4, 0.5) is 11.5 Å². The van der Waals surface area contributed by atoms with Crippen LogP contribution in [0.15, 0.2) is 6.20 Å². The molecule has 0 bridgehead atoms. The van der Waals surface area contributed by atoms with Gasteiger partial charge in [-0.2, -0.15) is 9.97 Å². The molecule has 0 radical (unpaired) electrons. The summed E-state index contributed by atoms with van der Waals surface area (Å²) in [6, 6.07) is 0.0844. The fourth-order valence-electron chi connectivity index (χ4n) is 1.30. The first-order chi connectivity index (χ1) is 8.58. The lowest BCUT2D eigenvalue weighted by Crippen LogP contribution is -2.19. The van der Waals surface area contributed by atoms with E-state index in [1.54, 1.807) is 14.0 Å². The minimum absolute atomic E-state index is 0.0844. The molecule has 0 aliphatic carbocycles. The molecule has 0 aliphatic rings. The third-order valence-corrected chi connectivity index (χ3v) is 2.00. The van der Waals surface area contributed by atoms with Crippen molar-refractivity contribution in [3.05, 3.63) is 16.3 Å². The van der Waals surface area contributed by atoms with Crippen molar-refractivity contribution in [1.29, 1.82) is 0 Å². The minimum Gasteiger partial charge on any atom is -0.458 e. The maximum atomic E-state index is 10.8. The Morgan fingerprint density at radius 2 is 2.33 bits per heavy atom. The molecule has 0 spiro atoms. The molecule has 1 N–H and O–H groups in total. The zero-order valence-electron chi connectivity index (χ0n) is 10.5. The van der Waals surface area contributed by atoms with Gasteiger partial charge in [0.15, 0.2) is 0 Å². The minimum atomic E-state index is -0.541. The molecule has 0 amide bonds. The summed E-state index contributed by atoms with van der Waals surface area (Å²) in [5.74, 6) is 0.150. The van der Waals surface area contributed by atoms with Crippen molar-refractivity contribution >= 4 is 11.5 Å². The van der Waals surface area contributed by atoms with Gasteiger partial charge in [-0.1, -0.05) is 0 Å². The highest BCUT2D eigenvalue weighted by Gasteiger charge is 2.18. The fourth-order valence-corrected chi connectivity index (χ4v) is 1.30. The zero-order valence-corrected chi connectivity index (χ0v) is 10.5. The highest BCUT2D eigenvalue weighted by Crippen LogP contribution is 2.22. The summed E-state index contributed by atoms with van der Waals surface area (Å²) in [5, 5.41) is 13.6. The quantitative estimate of drug-likeness (QED) is 0.578. The van der Waals surface area contributed by atoms with E-state index >= 15 is 0 Å². The smallest absolute Gasteiger partial charge is 0.329 e. The van der Waals surface area contributed by atoms with E-state index < -0.39 is 4.92 Å². The summed E-state index contributed by atoms with van der Waals surface area (Å²) in [6.07, 6.45) is 0.894. The predicted molar refractivity (Wildman–Crippen MR) is 64.8 cm³/mol. The predicted octanol–water partition coefficient (Wildman–Crippen LogP) is 1.23. The number of hydrogen-bond acceptors (Lipinski definition) is 7. The SMILES string of the molecule is CCNc1nc(O[C@@H](C)COC)ncc1[N+](=O)[O-]. The molecule has 8 heteroatoms. The van der Waals surface area contributed by atoms with Gasteiger partial charge in [0.2, 0.25) is 5.82 Å². The van der Waals surface area contributed by atoms with Gasteiger partial charge in [0.1, 0.15) is 12.3 Å². The van der Waals surface area contributed by atoms with Crippen molar-refractivity contribution in [1.82, 2.24) is 9.97 Å². The summed E-state index contributed by atoms with van der Waals surface area (Å²) < 4.78 is 10.3. The van der Waals surface area contributed by atoms with Crippen molar-refractivity contribution in [2.24, 2.45) is 0 Å². The third kappa shape index (κ3) is 3.81. The average molecular weight is 256 g/mol. The van der Waals surface area contributed by atoms with Crippen molar-refractivity contribution in [2.45, 2.75) is 20.0 Å². The van der Waals surface area contributed by atoms with E-state index in [1.807, 2.05) is 6.92 Å². The number of nitrogens with zero attached hydrogens (tertiary/aromatic N) is 3. The van der Waals surface area contributed by atoms with Crippen LogP contribution < -0.4 is 10.1 Å². The summed E-state index contributed by atoms with van der Waals surface area (Å²) >= 11 is 0. The lowest BCUT2D eigenvalue weighted by molar-refractivity contribution is -0.384. The summed E-state index contributed by atoms with van der Waals surface area (Å²) in [6.45, 7) is 4.52. The molecule has 0 saturated heterocycles. The topological polar surface area (TPSA) is 99.4 Å². The molecular formula is C10H16N4O4. The molecule has 100 valence electrons. The molecule has 18 heavy (non-hydrogen) atoms. The van der Waals surface area contributed by atoms with Gasteiger partial charge >= 0.3 is 11.7 Å². The highest BCUT2D eigenvalue weighted by molar-refractivity contribution is 5.54. The van der Waals surface area contributed by atoms with Gasteiger partial charge in [-0.25, -0.2) is 0 Å². The van der Waals surface area contributed by atoms with Crippen LogP contribution in [0.1, 0.15) is 13.8 Å². The summed E-state index contributed by atoms with van der Waals surface area (Å²) in [7, 11) is 1.56. The maximum absolute atomic E-state index is 10.8. The van der Waals surface area contributed by atoms with Gasteiger partial charge < -0.3 is 14.8 Å². The summed E-state index contributed by atoms with van der Waals surface area (Å²) in [5.41, 5.74) is -0.177. The number of nitrogens with one attached hydrogen (secondary N) is 1. The van der Waals surface area contributed by atoms with Crippen LogP contribution in [-0.2, 0) is 4.74 Å². The van der Waals surface area contributed by atoms with E-state index in [2.05, 4.69) is 15.3 Å². The Morgan fingerprint density at radius 3 is 2.89 bits per heavy atom. The maximum Gasteiger partial charge on any atom is 0.329 e. The van der Waals surface area contributed by atoms with Crippen LogP contribution in [0.3, 0.4) is 0 Å². The van der Waals surface area contributed by atoms with E-state index in [-0.39, 0.29) is 23.6 Å². The molecule has 8 nitrogen and oxygen atoms in total. The lowest BCUT2D eigenvalue weighted by atomic mass is 10.4. The van der Waals surface area contributed by atoms with Gasteiger partial charge in [0, 0.05) is 13.7 Å². The first-order valence-electron chi connectivity index (χ1n) is 5.49. The first kappa shape index (κ1) is 14.1. The molecule has 0 aliphatic heterocycles. The monoisotopic (exact) mass is 256 g/mol. The van der Waals surface area contributed by atoms with Gasteiger partial charge in [-0.05, 0) is 13.8 Å². The Bertz CT molecular complexity index is 413. The van der Waals surface area contributed by atoms with Gasteiger partial charge in [0.05, 0.1) is 11.5 Å². The molecular weight excluding hydrogens is 240 g/mol. The second kappa shape index (κ2) is 6.70. The van der Waals surface area contributed by atoms with Crippen LogP contribution in [0.5, 0.6) is 6.01 Å². The van der Waals surface area contributed by atoms with E-state index in [4.69, 9.17) is 9.47 Å². The normalized spacial score (nSPS) is 11.9. The molecule has 1 atom stereocenters. The number of aromatic nitrogens is 2. The Morgan fingerprint density at radius 1 is 1.61 bits per heavy atom. The fraction of sp³-hybridized carbons (Fsp3) is 0.600. The Balaban J connectivity index is 2.88. The Kier molecular flexibility index (Phi) is 5.25. The van der Waals surface area contributed by atoms with E-state index in [9.17, 15) is 10.1 Å².